The fraction of sp³-hybridized carbons (Fsp3) is 1.00. The lowest BCUT2D eigenvalue weighted by atomic mass is 9.58. The second-order valence-electron chi connectivity index (χ2n) is 37.3. The van der Waals surface area contributed by atoms with E-state index >= 15 is 0 Å². The normalized spacial score (nSPS) is 36.3. The number of hydrogen-bond donors (Lipinski definition) is 0. The summed E-state index contributed by atoms with van der Waals surface area (Å²) in [5, 5.41) is 0. The lowest BCUT2D eigenvalue weighted by Crippen LogP contribution is -2.38. The van der Waals surface area contributed by atoms with Gasteiger partial charge in [-0.15, -0.1) is 0 Å². The van der Waals surface area contributed by atoms with Crippen molar-refractivity contribution in [2.75, 3.05) is 0 Å². The Morgan fingerprint density at radius 3 is 1.00 bits per heavy atom. The Balaban J connectivity index is 0.000000248. The van der Waals surface area contributed by atoms with Crippen molar-refractivity contribution >= 4 is 0 Å². The van der Waals surface area contributed by atoms with E-state index in [1.54, 1.807) is 25.7 Å². The Morgan fingerprint density at radius 1 is 0.294 bits per heavy atom. The maximum atomic E-state index is 2.48. The molecule has 0 amide bonds. The van der Waals surface area contributed by atoms with Crippen LogP contribution >= 0.6 is 0 Å². The highest BCUT2D eigenvalue weighted by atomic mass is 14.5. The van der Waals surface area contributed by atoms with E-state index in [4.69, 9.17) is 0 Å². The molecule has 0 nitrogen and oxygen atoms in total. The minimum Gasteiger partial charge on any atom is -0.0651 e. The van der Waals surface area contributed by atoms with Crippen molar-refractivity contribution in [3.63, 3.8) is 0 Å². The van der Waals surface area contributed by atoms with Gasteiger partial charge < -0.3 is 0 Å². The first kappa shape index (κ1) is 79.2. The molecule has 85 heavy (non-hydrogen) atoms. The molecule has 12 rings (SSSR count). The summed E-state index contributed by atoms with van der Waals surface area (Å²) in [5.74, 6) is 16.5. The first-order valence-electron chi connectivity index (χ1n) is 39.9. The molecule has 11 atom stereocenters. The lowest BCUT2D eigenvalue weighted by molar-refractivity contribution is 0.0286. The van der Waals surface area contributed by atoms with Crippen LogP contribution in [0.2, 0.25) is 0 Å². The van der Waals surface area contributed by atoms with Crippen LogP contribution in [0.25, 0.3) is 0 Å². The minimum absolute atomic E-state index is 0.571. The maximum Gasteiger partial charge on any atom is -0.0297 e. The van der Waals surface area contributed by atoms with E-state index < -0.39 is 0 Å². The molecule has 0 aromatic carbocycles. The van der Waals surface area contributed by atoms with Gasteiger partial charge in [0.15, 0.2) is 0 Å². The van der Waals surface area contributed by atoms with Crippen LogP contribution in [0.4, 0.5) is 0 Å². The van der Waals surface area contributed by atoms with Gasteiger partial charge in [-0.05, 0) is 199 Å². The van der Waals surface area contributed by atoms with Gasteiger partial charge in [-0.1, -0.05) is 345 Å². The fourth-order valence-electron chi connectivity index (χ4n) is 18.8. The summed E-state index contributed by atoms with van der Waals surface area (Å²) in [5.41, 5.74) is 3.21. The van der Waals surface area contributed by atoms with Gasteiger partial charge in [-0.25, -0.2) is 0 Å². The molecule has 0 aliphatic heterocycles. The van der Waals surface area contributed by atoms with Crippen molar-refractivity contribution in [1.82, 2.24) is 0 Å². The average molecular weight is 1190 g/mol. The SMILES string of the molecule is CC1C(C)(C)CCCC1(C)C.CC1CCC(C)(C)CC1.CC1CCCC(C)C1C.CC1CCCCC1.CC1CCCC[C@H]1C.CCC1CCCC1.CCC1CCCCC1.C[C@@H]1CCCCC1(C)C.C[C@H]1CC2CCC1(C)C2.C[C@H]1CC2CCC1C2. The molecule has 0 aromatic heterocycles. The third-order valence-corrected chi connectivity index (χ3v) is 28.4. The second kappa shape index (κ2) is 40.2. The smallest absolute Gasteiger partial charge is 0.0297 e. The third kappa shape index (κ3) is 30.5. The molecule has 4 bridgehead atoms. The quantitative estimate of drug-likeness (QED) is 0.259. The van der Waals surface area contributed by atoms with Crippen LogP contribution < -0.4 is 0 Å². The summed E-state index contributed by atoms with van der Waals surface area (Å²) >= 11 is 0. The van der Waals surface area contributed by atoms with Crippen LogP contribution in [-0.2, 0) is 0 Å². The zero-order valence-electron chi connectivity index (χ0n) is 63.4. The first-order valence-corrected chi connectivity index (χ1v) is 39.9. The van der Waals surface area contributed by atoms with Crippen LogP contribution in [0.15, 0.2) is 0 Å². The zero-order chi connectivity index (χ0) is 63.4. The summed E-state index contributed by atoms with van der Waals surface area (Å²) < 4.78 is 0. The van der Waals surface area contributed by atoms with Crippen LogP contribution in [0.1, 0.15) is 422 Å². The second-order valence-corrected chi connectivity index (χ2v) is 37.3. The molecule has 7 unspecified atom stereocenters. The molecule has 12 fully saturated rings. The van der Waals surface area contributed by atoms with E-state index in [0.717, 1.165) is 100 Å². The highest BCUT2D eigenvalue weighted by Gasteiger charge is 2.46. The molecule has 506 valence electrons. The fourth-order valence-corrected chi connectivity index (χ4v) is 18.8. The molecule has 0 aromatic rings. The Bertz CT molecular complexity index is 1570. The van der Waals surface area contributed by atoms with E-state index in [1.165, 1.54) is 244 Å². The van der Waals surface area contributed by atoms with Gasteiger partial charge in [0.1, 0.15) is 0 Å². The summed E-state index contributed by atoms with van der Waals surface area (Å²) in [6.07, 6.45) is 62.3. The van der Waals surface area contributed by atoms with Gasteiger partial charge in [-0.2, -0.15) is 0 Å². The minimum atomic E-state index is 0.571. The van der Waals surface area contributed by atoms with Crippen molar-refractivity contribution in [3.05, 3.63) is 0 Å². The van der Waals surface area contributed by atoms with E-state index in [1.807, 2.05) is 0 Å². The molecule has 12 aliphatic carbocycles. The highest BCUT2D eigenvalue weighted by Crippen LogP contribution is 2.57. The maximum absolute atomic E-state index is 2.48. The Hall–Kier alpha value is 0. The standard InChI is InChI=1S/C11H22.C9H16.3C9H18.C8H14.2C8H16.2C7H14/c1-9-10(2,3)7-6-8-11(9,4)5;1-7-5-8-3-4-9(7,2)6-8;1-8-4-6-9(2,3)7-5-8;1-8-6-4-5-7-9(8,2)3;1-7-5-4-6-8(2)9(7)3;1-6-4-7-2-3-8(6)5-7;1-7-5-3-4-6-8(7)2;1-2-8-6-4-3-5-7-8;1-7-5-3-2-4-6-7;1-2-7-5-3-4-6-7/h9H,6-8H2,1-5H3;7-8H,3-6H2,1-2H3;2*8H,4-7H2,1-3H3;7-9H,4-6H2,1-3H3;6-8H,2-5H2,1H3;7-8H,3-6H2,1-2H3;8H,2-7H2,1H3;2*7H,2-6H2,1H3/t;7-,8?,9?;;8-;;6-,7?,8?;7-,8?;;;/m.0.1.01.../s1. The predicted molar refractivity (Wildman–Crippen MR) is 387 cm³/mol. The van der Waals surface area contributed by atoms with Crippen molar-refractivity contribution < 1.29 is 0 Å². The number of fused-ring (bicyclic) bond motifs is 4. The molecule has 0 radical (unpaired) electrons. The molecule has 12 aliphatic rings. The Kier molecular flexibility index (Phi) is 37.5. The molecule has 0 heterocycles. The zero-order valence-corrected chi connectivity index (χ0v) is 63.4. The van der Waals surface area contributed by atoms with Crippen LogP contribution in [0.3, 0.4) is 0 Å². The molecular weight excluding hydrogens is 1020 g/mol. The topological polar surface area (TPSA) is 0 Å². The average Bonchev–Trinajstić information content (AvgIpc) is 2.90. The molecule has 0 spiro atoms. The van der Waals surface area contributed by atoms with E-state index in [2.05, 4.69) is 152 Å². The van der Waals surface area contributed by atoms with E-state index in [-0.39, 0.29) is 0 Å². The van der Waals surface area contributed by atoms with Gasteiger partial charge in [0.05, 0.1) is 0 Å². The van der Waals surface area contributed by atoms with E-state index in [0.29, 0.717) is 21.7 Å². The summed E-state index contributed by atoms with van der Waals surface area (Å²) in [6, 6.07) is 0. The highest BCUT2D eigenvalue weighted by molar-refractivity contribution is 4.97. The molecule has 0 heteroatoms. The molecule has 12 saturated carbocycles. The van der Waals surface area contributed by atoms with Gasteiger partial charge in [0, 0.05) is 0 Å². The number of rotatable bonds is 2. The number of hydrogen-bond acceptors (Lipinski definition) is 0. The molecule has 0 saturated heterocycles. The molecule has 0 N–H and O–H groups in total. The van der Waals surface area contributed by atoms with Gasteiger partial charge in [-0.3, -0.25) is 0 Å². The van der Waals surface area contributed by atoms with Crippen molar-refractivity contribution in [1.29, 1.82) is 0 Å². The van der Waals surface area contributed by atoms with Gasteiger partial charge >= 0.3 is 0 Å². The third-order valence-electron chi connectivity index (χ3n) is 28.4. The largest absolute Gasteiger partial charge is 0.0651 e. The van der Waals surface area contributed by atoms with E-state index in [9.17, 15) is 0 Å². The van der Waals surface area contributed by atoms with Crippen LogP contribution in [-0.4, -0.2) is 0 Å². The summed E-state index contributed by atoms with van der Waals surface area (Å²) in [4.78, 5) is 0. The lowest BCUT2D eigenvalue weighted by Gasteiger charge is -2.47. The monoisotopic (exact) mass is 1190 g/mol. The Labute approximate surface area is 540 Å². The van der Waals surface area contributed by atoms with Crippen molar-refractivity contribution in [2.45, 2.75) is 422 Å². The van der Waals surface area contributed by atoms with Crippen molar-refractivity contribution in [3.8, 4) is 0 Å². The summed E-state index contributed by atoms with van der Waals surface area (Å²) in [7, 11) is 0. The van der Waals surface area contributed by atoms with Gasteiger partial charge in [0.25, 0.3) is 0 Å². The Morgan fingerprint density at radius 2 is 0.729 bits per heavy atom. The summed E-state index contributed by atoms with van der Waals surface area (Å²) in [6.45, 7) is 52.6. The molecular formula is C85H166. The van der Waals surface area contributed by atoms with Crippen LogP contribution in [0, 0.1) is 122 Å². The van der Waals surface area contributed by atoms with Crippen LogP contribution in [0.5, 0.6) is 0 Å². The predicted octanol–water partition coefficient (Wildman–Crippen LogP) is 29.6. The first-order chi connectivity index (χ1) is 39.9. The van der Waals surface area contributed by atoms with Gasteiger partial charge in [0.2, 0.25) is 0 Å². The van der Waals surface area contributed by atoms with Crippen molar-refractivity contribution in [2.24, 2.45) is 122 Å².